The van der Waals surface area contributed by atoms with E-state index in [9.17, 15) is 4.79 Å². The van der Waals surface area contributed by atoms with Crippen LogP contribution in [-0.2, 0) is 11.3 Å². The Morgan fingerprint density at radius 3 is 2.58 bits per heavy atom. The highest BCUT2D eigenvalue weighted by molar-refractivity contribution is 7.22. The van der Waals surface area contributed by atoms with E-state index in [2.05, 4.69) is 18.0 Å². The Bertz CT molecular complexity index is 1210. The summed E-state index contributed by atoms with van der Waals surface area (Å²) in [5, 5.41) is 0.628. The van der Waals surface area contributed by atoms with Gasteiger partial charge in [-0.15, -0.1) is 0 Å². The number of anilines is 1. The first-order chi connectivity index (χ1) is 15.0. The fourth-order valence-corrected chi connectivity index (χ4v) is 4.38. The maximum Gasteiger partial charge on any atom is 0.267 e. The number of methoxy groups -OCH3 is 1. The lowest BCUT2D eigenvalue weighted by molar-refractivity contribution is -0.120. The molecule has 0 aliphatic rings. The van der Waals surface area contributed by atoms with Crippen LogP contribution < -0.4 is 14.4 Å². The van der Waals surface area contributed by atoms with E-state index in [-0.39, 0.29) is 12.5 Å². The number of fused-ring (bicyclic) bond motifs is 1. The van der Waals surface area contributed by atoms with Crippen LogP contribution in [0.4, 0.5) is 5.13 Å². The standard InChI is InChI=1S/C24H23N3O3S/c1-16-12-17(2)23-19(13-16)26-24(31-23)27(14-18-8-6-7-11-25-18)22(28)15-30-21-10-5-4-9-20(21)29-3/h4-13H,14-15H2,1-3H3. The molecule has 0 spiro atoms. The van der Waals surface area contributed by atoms with Gasteiger partial charge in [-0.25, -0.2) is 4.98 Å². The molecule has 6 nitrogen and oxygen atoms in total. The van der Waals surface area contributed by atoms with Crippen LogP contribution in [-0.4, -0.2) is 29.6 Å². The molecule has 0 saturated carbocycles. The summed E-state index contributed by atoms with van der Waals surface area (Å²) in [6, 6.07) is 17.1. The molecular formula is C24H23N3O3S. The summed E-state index contributed by atoms with van der Waals surface area (Å²) >= 11 is 1.50. The van der Waals surface area contributed by atoms with Gasteiger partial charge >= 0.3 is 0 Å². The van der Waals surface area contributed by atoms with Gasteiger partial charge in [0.2, 0.25) is 0 Å². The molecule has 0 unspecified atom stereocenters. The van der Waals surface area contributed by atoms with E-state index in [4.69, 9.17) is 14.5 Å². The van der Waals surface area contributed by atoms with Crippen molar-refractivity contribution >= 4 is 32.6 Å². The van der Waals surface area contributed by atoms with Crippen molar-refractivity contribution in [2.24, 2.45) is 0 Å². The molecule has 0 radical (unpaired) electrons. The van der Waals surface area contributed by atoms with Gasteiger partial charge in [-0.2, -0.15) is 0 Å². The van der Waals surface area contributed by atoms with E-state index in [0.29, 0.717) is 23.2 Å². The first-order valence-electron chi connectivity index (χ1n) is 9.89. The molecular weight excluding hydrogens is 410 g/mol. The molecule has 31 heavy (non-hydrogen) atoms. The molecule has 0 N–H and O–H groups in total. The van der Waals surface area contributed by atoms with Crippen molar-refractivity contribution in [2.75, 3.05) is 18.6 Å². The lowest BCUT2D eigenvalue weighted by Crippen LogP contribution is -2.34. The highest BCUT2D eigenvalue weighted by Crippen LogP contribution is 2.33. The summed E-state index contributed by atoms with van der Waals surface area (Å²) in [6.45, 7) is 4.28. The molecule has 158 valence electrons. The van der Waals surface area contributed by atoms with Gasteiger partial charge in [0, 0.05) is 6.20 Å². The number of benzene rings is 2. The molecule has 0 aliphatic heterocycles. The lowest BCUT2D eigenvalue weighted by atomic mass is 10.1. The zero-order chi connectivity index (χ0) is 21.8. The van der Waals surface area contributed by atoms with E-state index >= 15 is 0 Å². The fourth-order valence-electron chi connectivity index (χ4n) is 3.35. The van der Waals surface area contributed by atoms with Crippen molar-refractivity contribution in [1.29, 1.82) is 0 Å². The number of hydrogen-bond donors (Lipinski definition) is 0. The Balaban J connectivity index is 1.64. The Hall–Kier alpha value is -3.45. The molecule has 4 rings (SSSR count). The van der Waals surface area contributed by atoms with Crippen LogP contribution in [0.2, 0.25) is 0 Å². The molecule has 0 bridgehead atoms. The minimum Gasteiger partial charge on any atom is -0.493 e. The smallest absolute Gasteiger partial charge is 0.267 e. The number of carbonyl (C=O) groups is 1. The fraction of sp³-hybridized carbons (Fsp3) is 0.208. The van der Waals surface area contributed by atoms with E-state index in [0.717, 1.165) is 27.0 Å². The predicted molar refractivity (Wildman–Crippen MR) is 123 cm³/mol. The number of ether oxygens (including phenoxy) is 2. The molecule has 0 aliphatic carbocycles. The Morgan fingerprint density at radius 2 is 1.84 bits per heavy atom. The van der Waals surface area contributed by atoms with Gasteiger partial charge in [0.25, 0.3) is 5.91 Å². The van der Waals surface area contributed by atoms with Crippen LogP contribution in [0.1, 0.15) is 16.8 Å². The van der Waals surface area contributed by atoms with E-state index in [1.54, 1.807) is 30.3 Å². The van der Waals surface area contributed by atoms with Crippen molar-refractivity contribution in [3.8, 4) is 11.5 Å². The second-order valence-corrected chi connectivity index (χ2v) is 8.14. The van der Waals surface area contributed by atoms with Crippen molar-refractivity contribution in [3.05, 3.63) is 77.6 Å². The van der Waals surface area contributed by atoms with E-state index in [1.807, 2.05) is 43.3 Å². The summed E-state index contributed by atoms with van der Waals surface area (Å²) in [4.78, 5) is 24.0. The average molecular weight is 434 g/mol. The zero-order valence-corrected chi connectivity index (χ0v) is 18.5. The number of para-hydroxylation sites is 2. The molecule has 1 amide bonds. The molecule has 4 aromatic rings. The maximum absolute atomic E-state index is 13.2. The first kappa shape index (κ1) is 20.8. The molecule has 2 heterocycles. The summed E-state index contributed by atoms with van der Waals surface area (Å²) in [7, 11) is 1.57. The zero-order valence-electron chi connectivity index (χ0n) is 17.7. The molecule has 7 heteroatoms. The Kier molecular flexibility index (Phi) is 6.13. The van der Waals surface area contributed by atoms with Crippen LogP contribution in [0, 0.1) is 13.8 Å². The predicted octanol–water partition coefficient (Wildman–Crippen LogP) is 4.93. The summed E-state index contributed by atoms with van der Waals surface area (Å²) < 4.78 is 12.2. The Labute approximate surface area is 185 Å². The normalized spacial score (nSPS) is 10.8. The Morgan fingerprint density at radius 1 is 1.06 bits per heavy atom. The minimum atomic E-state index is -0.204. The summed E-state index contributed by atoms with van der Waals surface area (Å²) in [5.41, 5.74) is 3.96. The third-order valence-electron chi connectivity index (χ3n) is 4.81. The average Bonchev–Trinajstić information content (AvgIpc) is 3.20. The largest absolute Gasteiger partial charge is 0.493 e. The van der Waals surface area contributed by atoms with Gasteiger partial charge in [-0.3, -0.25) is 14.7 Å². The highest BCUT2D eigenvalue weighted by atomic mass is 32.1. The van der Waals surface area contributed by atoms with Crippen molar-refractivity contribution in [1.82, 2.24) is 9.97 Å². The number of carbonyl (C=O) groups excluding carboxylic acids is 1. The second-order valence-electron chi connectivity index (χ2n) is 7.17. The SMILES string of the molecule is COc1ccccc1OCC(=O)N(Cc1ccccn1)c1nc2cc(C)cc(C)c2s1. The molecule has 0 saturated heterocycles. The molecule has 0 atom stereocenters. The van der Waals surface area contributed by atoms with Gasteiger partial charge in [-0.05, 0) is 55.3 Å². The summed E-state index contributed by atoms with van der Waals surface area (Å²) in [5.74, 6) is 0.898. The number of pyridine rings is 1. The number of aryl methyl sites for hydroxylation is 2. The topological polar surface area (TPSA) is 64.6 Å². The molecule has 0 fully saturated rings. The molecule has 2 aromatic carbocycles. The van der Waals surface area contributed by atoms with Crippen LogP contribution in [0.3, 0.4) is 0 Å². The number of rotatable bonds is 7. The van der Waals surface area contributed by atoms with Gasteiger partial charge in [0.05, 0.1) is 29.6 Å². The number of thiazole rings is 1. The van der Waals surface area contributed by atoms with Crippen LogP contribution in [0.25, 0.3) is 10.2 Å². The number of hydrogen-bond acceptors (Lipinski definition) is 6. The third-order valence-corrected chi connectivity index (χ3v) is 6.04. The van der Waals surface area contributed by atoms with Gasteiger partial charge in [0.15, 0.2) is 23.2 Å². The first-order valence-corrected chi connectivity index (χ1v) is 10.7. The number of amides is 1. The molecule has 2 aromatic heterocycles. The van der Waals surface area contributed by atoms with Gasteiger partial charge < -0.3 is 9.47 Å². The van der Waals surface area contributed by atoms with Crippen LogP contribution in [0.15, 0.2) is 60.8 Å². The van der Waals surface area contributed by atoms with Crippen molar-refractivity contribution in [3.63, 3.8) is 0 Å². The monoisotopic (exact) mass is 433 g/mol. The summed E-state index contributed by atoms with van der Waals surface area (Å²) in [6.07, 6.45) is 1.72. The van der Waals surface area contributed by atoms with Gasteiger partial charge in [0.1, 0.15) is 0 Å². The lowest BCUT2D eigenvalue weighted by Gasteiger charge is -2.20. The number of aromatic nitrogens is 2. The van der Waals surface area contributed by atoms with E-state index < -0.39 is 0 Å². The second kappa shape index (κ2) is 9.14. The van der Waals surface area contributed by atoms with Crippen LogP contribution >= 0.6 is 11.3 Å². The highest BCUT2D eigenvalue weighted by Gasteiger charge is 2.22. The van der Waals surface area contributed by atoms with E-state index in [1.165, 1.54) is 11.3 Å². The van der Waals surface area contributed by atoms with Crippen molar-refractivity contribution in [2.45, 2.75) is 20.4 Å². The van der Waals surface area contributed by atoms with Crippen molar-refractivity contribution < 1.29 is 14.3 Å². The van der Waals surface area contributed by atoms with Gasteiger partial charge in [-0.1, -0.05) is 35.6 Å². The number of nitrogens with zero attached hydrogens (tertiary/aromatic N) is 3. The minimum absolute atomic E-state index is 0.138. The third kappa shape index (κ3) is 4.67. The quantitative estimate of drug-likeness (QED) is 0.414. The maximum atomic E-state index is 13.2. The van der Waals surface area contributed by atoms with Crippen LogP contribution in [0.5, 0.6) is 11.5 Å².